The largest absolute Gasteiger partial charge is 0.465 e. The Kier molecular flexibility index (Phi) is 5.52. The van der Waals surface area contributed by atoms with Crippen LogP contribution in [0, 0.1) is 0 Å². The number of benzene rings is 1. The maximum absolute atomic E-state index is 13.2. The number of carbonyl (C=O) groups excluding carboxylic acids is 1. The van der Waals surface area contributed by atoms with Gasteiger partial charge in [0.2, 0.25) is 15.9 Å². The lowest BCUT2D eigenvalue weighted by Gasteiger charge is -2.42. The molecule has 0 atom stereocenters. The molecule has 154 valence electrons. The molecule has 7 nitrogen and oxygen atoms in total. The van der Waals surface area contributed by atoms with Gasteiger partial charge < -0.3 is 14.1 Å². The van der Waals surface area contributed by atoms with Crippen LogP contribution in [0.3, 0.4) is 0 Å². The first-order chi connectivity index (χ1) is 13.9. The van der Waals surface area contributed by atoms with E-state index < -0.39 is 15.7 Å². The number of nitrogens with zero attached hydrogens (tertiary/aromatic N) is 2. The first-order valence-corrected chi connectivity index (χ1v) is 11.2. The predicted molar refractivity (Wildman–Crippen MR) is 108 cm³/mol. The molecule has 2 aliphatic rings. The maximum Gasteiger partial charge on any atom is 0.246 e. The lowest BCUT2D eigenvalue weighted by atomic mass is 10.0. The molecule has 1 amide bonds. The van der Waals surface area contributed by atoms with Gasteiger partial charge in [0.25, 0.3) is 0 Å². The van der Waals surface area contributed by atoms with Crippen LogP contribution in [0.5, 0.6) is 0 Å². The molecule has 1 aromatic carbocycles. The van der Waals surface area contributed by atoms with E-state index in [0.29, 0.717) is 43.3 Å². The Morgan fingerprint density at radius 2 is 1.83 bits per heavy atom. The average Bonchev–Trinajstić information content (AvgIpc) is 3.37. The summed E-state index contributed by atoms with van der Waals surface area (Å²) >= 11 is 5.89. The zero-order valence-electron chi connectivity index (χ0n) is 15.7. The van der Waals surface area contributed by atoms with Crippen molar-refractivity contribution in [2.24, 2.45) is 0 Å². The zero-order chi connectivity index (χ0) is 20.5. The SMILES string of the molecule is O=C(/C=C/c1ccco1)N1CCC2(CC1)OCCN2S(=O)(=O)c1ccc(Cl)cc1. The van der Waals surface area contributed by atoms with E-state index in [0.717, 1.165) is 0 Å². The van der Waals surface area contributed by atoms with Gasteiger partial charge in [0, 0.05) is 43.6 Å². The molecule has 2 saturated heterocycles. The fraction of sp³-hybridized carbons (Fsp3) is 0.350. The second-order valence-electron chi connectivity index (χ2n) is 7.00. The van der Waals surface area contributed by atoms with Gasteiger partial charge in [-0.15, -0.1) is 0 Å². The summed E-state index contributed by atoms with van der Waals surface area (Å²) < 4.78 is 38.9. The van der Waals surface area contributed by atoms with Crippen LogP contribution in [0.4, 0.5) is 0 Å². The van der Waals surface area contributed by atoms with Crippen LogP contribution < -0.4 is 0 Å². The number of hydrogen-bond acceptors (Lipinski definition) is 5. The summed E-state index contributed by atoms with van der Waals surface area (Å²) in [6.45, 7) is 1.44. The molecule has 2 aromatic rings. The Hall–Kier alpha value is -2.13. The Bertz CT molecular complexity index is 994. The average molecular weight is 437 g/mol. The van der Waals surface area contributed by atoms with Gasteiger partial charge in [0.15, 0.2) is 0 Å². The van der Waals surface area contributed by atoms with E-state index in [9.17, 15) is 13.2 Å². The molecular formula is C20H21ClN2O5S. The normalized spacial score (nSPS) is 20.0. The van der Waals surface area contributed by atoms with Crippen LogP contribution in [0.15, 0.2) is 58.1 Å². The quantitative estimate of drug-likeness (QED) is 0.688. The van der Waals surface area contributed by atoms with Crippen molar-refractivity contribution in [3.63, 3.8) is 0 Å². The van der Waals surface area contributed by atoms with Gasteiger partial charge in [-0.2, -0.15) is 4.31 Å². The fourth-order valence-electron chi connectivity index (χ4n) is 3.78. The minimum atomic E-state index is -3.72. The first-order valence-electron chi connectivity index (χ1n) is 9.34. The number of ether oxygens (including phenoxy) is 1. The minimum absolute atomic E-state index is 0.138. The van der Waals surface area contributed by atoms with Gasteiger partial charge in [0.05, 0.1) is 17.8 Å². The highest BCUT2D eigenvalue weighted by molar-refractivity contribution is 7.89. The zero-order valence-corrected chi connectivity index (χ0v) is 17.2. The van der Waals surface area contributed by atoms with Crippen molar-refractivity contribution in [1.29, 1.82) is 0 Å². The van der Waals surface area contributed by atoms with Crippen LogP contribution in [-0.4, -0.2) is 55.5 Å². The Labute approximate surface area is 174 Å². The summed E-state index contributed by atoms with van der Waals surface area (Å²) in [5.74, 6) is 0.465. The van der Waals surface area contributed by atoms with Crippen molar-refractivity contribution in [3.8, 4) is 0 Å². The Morgan fingerprint density at radius 1 is 1.10 bits per heavy atom. The van der Waals surface area contributed by atoms with Crippen molar-refractivity contribution in [2.75, 3.05) is 26.2 Å². The van der Waals surface area contributed by atoms with E-state index in [1.807, 2.05) is 0 Å². The number of furan rings is 1. The summed E-state index contributed by atoms with van der Waals surface area (Å²) in [5, 5.41) is 0.478. The summed E-state index contributed by atoms with van der Waals surface area (Å²) in [4.78, 5) is 14.3. The van der Waals surface area contributed by atoms with E-state index in [1.54, 1.807) is 41.5 Å². The molecule has 0 N–H and O–H groups in total. The number of hydrogen-bond donors (Lipinski definition) is 0. The number of amides is 1. The Morgan fingerprint density at radius 3 is 2.48 bits per heavy atom. The van der Waals surface area contributed by atoms with Crippen LogP contribution in [0.1, 0.15) is 18.6 Å². The van der Waals surface area contributed by atoms with Gasteiger partial charge in [-0.3, -0.25) is 4.79 Å². The number of sulfonamides is 1. The molecule has 0 bridgehead atoms. The monoisotopic (exact) mass is 436 g/mol. The minimum Gasteiger partial charge on any atom is -0.465 e. The van der Waals surface area contributed by atoms with Crippen LogP contribution in [0.2, 0.25) is 5.02 Å². The summed E-state index contributed by atoms with van der Waals surface area (Å²) in [7, 11) is -3.72. The predicted octanol–water partition coefficient (Wildman–Crippen LogP) is 2.99. The number of piperidine rings is 1. The maximum atomic E-state index is 13.2. The van der Waals surface area contributed by atoms with Gasteiger partial charge in [-0.25, -0.2) is 8.42 Å². The molecule has 1 spiro atoms. The lowest BCUT2D eigenvalue weighted by molar-refractivity contribution is -0.135. The second kappa shape index (κ2) is 7.95. The number of rotatable bonds is 4. The van der Waals surface area contributed by atoms with E-state index in [1.165, 1.54) is 22.5 Å². The molecule has 2 aliphatic heterocycles. The molecule has 2 fully saturated rings. The van der Waals surface area contributed by atoms with Crippen LogP contribution in [-0.2, 0) is 19.6 Å². The molecule has 0 radical (unpaired) electrons. The van der Waals surface area contributed by atoms with Crippen molar-refractivity contribution >= 4 is 33.6 Å². The van der Waals surface area contributed by atoms with E-state index in [-0.39, 0.29) is 17.3 Å². The van der Waals surface area contributed by atoms with Crippen molar-refractivity contribution in [3.05, 3.63) is 59.5 Å². The second-order valence-corrected chi connectivity index (χ2v) is 9.30. The highest BCUT2D eigenvalue weighted by Gasteiger charge is 2.50. The fourth-order valence-corrected chi connectivity index (χ4v) is 5.63. The molecule has 29 heavy (non-hydrogen) atoms. The molecule has 9 heteroatoms. The third-order valence-corrected chi connectivity index (χ3v) is 7.53. The number of carbonyl (C=O) groups is 1. The van der Waals surface area contributed by atoms with Crippen molar-refractivity contribution < 1.29 is 22.4 Å². The van der Waals surface area contributed by atoms with E-state index in [2.05, 4.69) is 0 Å². The smallest absolute Gasteiger partial charge is 0.246 e. The summed E-state index contributed by atoms with van der Waals surface area (Å²) in [6.07, 6.45) is 5.47. The van der Waals surface area contributed by atoms with E-state index in [4.69, 9.17) is 20.8 Å². The molecule has 1 aromatic heterocycles. The van der Waals surface area contributed by atoms with Crippen LogP contribution >= 0.6 is 11.6 Å². The molecule has 0 saturated carbocycles. The Balaban J connectivity index is 1.46. The lowest BCUT2D eigenvalue weighted by Crippen LogP contribution is -2.55. The first kappa shape index (κ1) is 20.2. The number of likely N-dealkylation sites (tertiary alicyclic amines) is 1. The summed E-state index contributed by atoms with van der Waals surface area (Å²) in [5.41, 5.74) is -0.917. The topological polar surface area (TPSA) is 80.1 Å². The highest BCUT2D eigenvalue weighted by atomic mass is 35.5. The standard InChI is InChI=1S/C20H21ClN2O5S/c21-16-3-6-18(7-4-16)29(25,26)23-13-15-28-20(23)9-11-22(12-10-20)19(24)8-5-17-2-1-14-27-17/h1-8,14H,9-13,15H2/b8-5+. The highest BCUT2D eigenvalue weighted by Crippen LogP contribution is 2.38. The van der Waals surface area contributed by atoms with Gasteiger partial charge in [-0.05, 0) is 42.5 Å². The van der Waals surface area contributed by atoms with Crippen molar-refractivity contribution in [1.82, 2.24) is 9.21 Å². The molecule has 4 rings (SSSR count). The van der Waals surface area contributed by atoms with Gasteiger partial charge in [-0.1, -0.05) is 11.6 Å². The summed E-state index contributed by atoms with van der Waals surface area (Å²) in [6, 6.07) is 9.64. The molecule has 3 heterocycles. The van der Waals surface area contributed by atoms with Gasteiger partial charge >= 0.3 is 0 Å². The number of halogens is 1. The molecule has 0 aliphatic carbocycles. The third kappa shape index (κ3) is 3.98. The van der Waals surface area contributed by atoms with Crippen molar-refractivity contribution in [2.45, 2.75) is 23.5 Å². The molecule has 0 unspecified atom stereocenters. The van der Waals surface area contributed by atoms with Crippen LogP contribution in [0.25, 0.3) is 6.08 Å². The molecular weight excluding hydrogens is 416 g/mol. The third-order valence-electron chi connectivity index (χ3n) is 5.31. The van der Waals surface area contributed by atoms with E-state index >= 15 is 0 Å². The van der Waals surface area contributed by atoms with Gasteiger partial charge in [0.1, 0.15) is 11.5 Å².